The van der Waals surface area contributed by atoms with Gasteiger partial charge in [-0.3, -0.25) is 5.10 Å². The lowest BCUT2D eigenvalue weighted by Crippen LogP contribution is -2.03. The summed E-state index contributed by atoms with van der Waals surface area (Å²) in [6.07, 6.45) is 3.84. The number of aromatic amines is 1. The standard InChI is InChI=1S/C20H21N5OS/c1-12(2)26-11-14-6-7-21-19(8-14)24-20-23-17-5-4-15(9-18(17)27-20)16-10-22-25-13(16)3/h4-10,12H,11H2,1-3H3,(H,22,25)(H,21,23,24). The maximum Gasteiger partial charge on any atom is 0.189 e. The maximum atomic E-state index is 5.66. The zero-order valence-electron chi connectivity index (χ0n) is 15.5. The first-order valence-electron chi connectivity index (χ1n) is 8.83. The van der Waals surface area contributed by atoms with E-state index in [9.17, 15) is 0 Å². The van der Waals surface area contributed by atoms with Gasteiger partial charge in [-0.15, -0.1) is 0 Å². The maximum absolute atomic E-state index is 5.66. The van der Waals surface area contributed by atoms with Gasteiger partial charge in [0.25, 0.3) is 0 Å². The zero-order valence-corrected chi connectivity index (χ0v) is 16.3. The molecule has 0 unspecified atom stereocenters. The lowest BCUT2D eigenvalue weighted by Gasteiger charge is -2.08. The minimum absolute atomic E-state index is 0.201. The summed E-state index contributed by atoms with van der Waals surface area (Å²) in [6.45, 7) is 6.65. The zero-order chi connectivity index (χ0) is 18.8. The molecule has 2 N–H and O–H groups in total. The van der Waals surface area contributed by atoms with E-state index in [1.54, 1.807) is 17.5 Å². The van der Waals surface area contributed by atoms with Crippen molar-refractivity contribution in [2.75, 3.05) is 5.32 Å². The van der Waals surface area contributed by atoms with Crippen LogP contribution in [0.4, 0.5) is 10.9 Å². The molecule has 0 fully saturated rings. The molecule has 0 spiro atoms. The van der Waals surface area contributed by atoms with E-state index in [1.165, 1.54) is 0 Å². The summed E-state index contributed by atoms with van der Waals surface area (Å²) in [7, 11) is 0. The van der Waals surface area contributed by atoms with Crippen LogP contribution < -0.4 is 5.32 Å². The number of rotatable bonds is 6. The van der Waals surface area contributed by atoms with Crippen LogP contribution in [-0.2, 0) is 11.3 Å². The Hall–Kier alpha value is -2.77. The van der Waals surface area contributed by atoms with E-state index in [2.05, 4.69) is 37.6 Å². The Bertz CT molecular complexity index is 1070. The fourth-order valence-corrected chi connectivity index (χ4v) is 3.70. The number of H-pyrrole nitrogens is 1. The molecule has 6 nitrogen and oxygen atoms in total. The second-order valence-corrected chi connectivity index (χ2v) is 7.67. The summed E-state index contributed by atoms with van der Waals surface area (Å²) in [5, 5.41) is 11.2. The Morgan fingerprint density at radius 1 is 1.22 bits per heavy atom. The van der Waals surface area contributed by atoms with Crippen molar-refractivity contribution in [3.8, 4) is 11.1 Å². The molecular weight excluding hydrogens is 358 g/mol. The monoisotopic (exact) mass is 379 g/mol. The molecule has 0 radical (unpaired) electrons. The number of pyridine rings is 1. The first-order valence-corrected chi connectivity index (χ1v) is 9.64. The molecule has 4 rings (SSSR count). The van der Waals surface area contributed by atoms with E-state index in [0.29, 0.717) is 6.61 Å². The number of nitrogens with one attached hydrogen (secondary N) is 2. The van der Waals surface area contributed by atoms with Crippen molar-refractivity contribution < 1.29 is 4.74 Å². The highest BCUT2D eigenvalue weighted by molar-refractivity contribution is 7.22. The van der Waals surface area contributed by atoms with Crippen molar-refractivity contribution in [1.82, 2.24) is 20.2 Å². The number of benzene rings is 1. The number of hydrogen-bond donors (Lipinski definition) is 2. The van der Waals surface area contributed by atoms with Gasteiger partial charge in [0.15, 0.2) is 5.13 Å². The van der Waals surface area contributed by atoms with Crippen LogP contribution in [0.15, 0.2) is 42.7 Å². The third-order valence-electron chi connectivity index (χ3n) is 4.17. The van der Waals surface area contributed by atoms with Crippen molar-refractivity contribution in [3.63, 3.8) is 0 Å². The molecule has 0 saturated heterocycles. The molecule has 0 atom stereocenters. The summed E-state index contributed by atoms with van der Waals surface area (Å²) in [4.78, 5) is 9.06. The summed E-state index contributed by atoms with van der Waals surface area (Å²) in [5.41, 5.74) is 5.35. The number of hydrogen-bond acceptors (Lipinski definition) is 6. The number of nitrogens with zero attached hydrogens (tertiary/aromatic N) is 3. The normalized spacial score (nSPS) is 11.4. The predicted octanol–water partition coefficient (Wildman–Crippen LogP) is 5.06. The van der Waals surface area contributed by atoms with Gasteiger partial charge < -0.3 is 10.1 Å². The van der Waals surface area contributed by atoms with E-state index in [0.717, 1.165) is 43.6 Å². The largest absolute Gasteiger partial charge is 0.374 e. The van der Waals surface area contributed by atoms with Crippen LogP contribution in [0.2, 0.25) is 0 Å². The molecule has 3 heterocycles. The minimum Gasteiger partial charge on any atom is -0.374 e. The van der Waals surface area contributed by atoms with Gasteiger partial charge >= 0.3 is 0 Å². The van der Waals surface area contributed by atoms with Crippen molar-refractivity contribution in [2.45, 2.75) is 33.5 Å². The van der Waals surface area contributed by atoms with Crippen molar-refractivity contribution in [1.29, 1.82) is 0 Å². The Morgan fingerprint density at radius 3 is 2.89 bits per heavy atom. The minimum atomic E-state index is 0.201. The molecule has 3 aromatic heterocycles. The van der Waals surface area contributed by atoms with Crippen LogP contribution in [0.25, 0.3) is 21.3 Å². The second-order valence-electron chi connectivity index (χ2n) is 6.64. The third-order valence-corrected chi connectivity index (χ3v) is 5.11. The van der Waals surface area contributed by atoms with E-state index < -0.39 is 0 Å². The van der Waals surface area contributed by atoms with Gasteiger partial charge in [-0.05, 0) is 56.2 Å². The van der Waals surface area contributed by atoms with E-state index >= 15 is 0 Å². The summed E-state index contributed by atoms with van der Waals surface area (Å²) < 4.78 is 6.78. The fourth-order valence-electron chi connectivity index (χ4n) is 2.79. The summed E-state index contributed by atoms with van der Waals surface area (Å²) in [5.74, 6) is 0.768. The topological polar surface area (TPSA) is 75.7 Å². The molecule has 0 aliphatic rings. The first-order chi connectivity index (χ1) is 13.1. The molecule has 0 aliphatic heterocycles. The highest BCUT2D eigenvalue weighted by atomic mass is 32.1. The predicted molar refractivity (Wildman–Crippen MR) is 109 cm³/mol. The molecular formula is C20H21N5OS. The van der Waals surface area contributed by atoms with Crippen LogP contribution in [0.3, 0.4) is 0 Å². The number of anilines is 2. The SMILES string of the molecule is Cc1[nH]ncc1-c1ccc2nc(Nc3cc(COC(C)C)ccn3)sc2c1. The van der Waals surface area contributed by atoms with E-state index in [1.807, 2.05) is 45.2 Å². The van der Waals surface area contributed by atoms with Crippen LogP contribution in [0.1, 0.15) is 25.1 Å². The van der Waals surface area contributed by atoms with Gasteiger partial charge in [-0.25, -0.2) is 9.97 Å². The Balaban J connectivity index is 1.56. The molecule has 0 amide bonds. The Morgan fingerprint density at radius 2 is 2.11 bits per heavy atom. The molecule has 1 aromatic carbocycles. The van der Waals surface area contributed by atoms with Gasteiger partial charge in [0.1, 0.15) is 5.82 Å². The number of aryl methyl sites for hydroxylation is 1. The van der Waals surface area contributed by atoms with Gasteiger partial charge in [0, 0.05) is 17.5 Å². The molecule has 0 bridgehead atoms. The lowest BCUT2D eigenvalue weighted by molar-refractivity contribution is 0.0657. The van der Waals surface area contributed by atoms with Gasteiger partial charge in [0.2, 0.25) is 0 Å². The van der Waals surface area contributed by atoms with Gasteiger partial charge in [-0.1, -0.05) is 17.4 Å². The smallest absolute Gasteiger partial charge is 0.189 e. The first kappa shape index (κ1) is 17.6. The van der Waals surface area contributed by atoms with Crippen LogP contribution in [0, 0.1) is 6.92 Å². The van der Waals surface area contributed by atoms with Crippen LogP contribution in [-0.4, -0.2) is 26.3 Å². The average molecular weight is 379 g/mol. The van der Waals surface area contributed by atoms with Gasteiger partial charge in [-0.2, -0.15) is 5.10 Å². The highest BCUT2D eigenvalue weighted by Crippen LogP contribution is 2.32. The average Bonchev–Trinajstić information content (AvgIpc) is 3.25. The molecule has 0 aliphatic carbocycles. The molecule has 7 heteroatoms. The van der Waals surface area contributed by atoms with Crippen LogP contribution in [0.5, 0.6) is 0 Å². The Labute approximate surface area is 161 Å². The summed E-state index contributed by atoms with van der Waals surface area (Å²) >= 11 is 1.61. The number of thiazole rings is 1. The third kappa shape index (κ3) is 3.99. The fraction of sp³-hybridized carbons (Fsp3) is 0.250. The molecule has 138 valence electrons. The molecule has 27 heavy (non-hydrogen) atoms. The van der Waals surface area contributed by atoms with Crippen molar-refractivity contribution >= 4 is 32.5 Å². The van der Waals surface area contributed by atoms with Crippen molar-refractivity contribution in [2.24, 2.45) is 0 Å². The van der Waals surface area contributed by atoms with Gasteiger partial charge in [0.05, 0.1) is 29.1 Å². The number of ether oxygens (including phenoxy) is 1. The lowest BCUT2D eigenvalue weighted by atomic mass is 10.1. The van der Waals surface area contributed by atoms with Crippen LogP contribution >= 0.6 is 11.3 Å². The van der Waals surface area contributed by atoms with Crippen molar-refractivity contribution in [3.05, 3.63) is 54.0 Å². The van der Waals surface area contributed by atoms with E-state index in [4.69, 9.17) is 4.74 Å². The quantitative estimate of drug-likeness (QED) is 0.490. The Kier molecular flexibility index (Phi) is 4.87. The molecule has 0 saturated carbocycles. The number of fused-ring (bicyclic) bond motifs is 1. The highest BCUT2D eigenvalue weighted by Gasteiger charge is 2.09. The summed E-state index contributed by atoms with van der Waals surface area (Å²) in [6, 6.07) is 10.2. The molecule has 4 aromatic rings. The number of aromatic nitrogens is 4. The second kappa shape index (κ2) is 7.46. The van der Waals surface area contributed by atoms with E-state index in [-0.39, 0.29) is 6.10 Å².